The molecule has 0 unspecified atom stereocenters. The molecule has 5 nitrogen and oxygen atoms in total. The normalized spacial score (nSPS) is 12.0. The lowest BCUT2D eigenvalue weighted by atomic mass is 10.0. The van der Waals surface area contributed by atoms with E-state index in [0.717, 1.165) is 66.8 Å². The van der Waals surface area contributed by atoms with E-state index in [9.17, 15) is 0 Å². The van der Waals surface area contributed by atoms with Gasteiger partial charge in [-0.25, -0.2) is 15.0 Å². The number of aromatic nitrogens is 4. The molecule has 5 heteroatoms. The molecule has 0 atom stereocenters. The molecule has 6 aromatic carbocycles. The van der Waals surface area contributed by atoms with Crippen LogP contribution in [-0.2, 0) is 0 Å². The molecular formula is C41H26N4O. The first-order valence-electron chi connectivity index (χ1n) is 15.3. The third-order valence-corrected chi connectivity index (χ3v) is 8.47. The predicted octanol–water partition coefficient (Wildman–Crippen LogP) is 10.2. The van der Waals surface area contributed by atoms with Crippen LogP contribution in [0.25, 0.3) is 73.8 Å². The average molecular weight is 591 g/mol. The SMILES string of the molecule is C1=Cc2c(ccc3c2c2ccccc2n3-c2cccc(-c3nc(-c4ccccc4)nc(-c4ccccc4)n3)c2)Oc2ccccc21. The van der Waals surface area contributed by atoms with E-state index in [1.54, 1.807) is 0 Å². The summed E-state index contributed by atoms with van der Waals surface area (Å²) in [6.45, 7) is 0. The van der Waals surface area contributed by atoms with E-state index in [-0.39, 0.29) is 0 Å². The second-order valence-electron chi connectivity index (χ2n) is 11.3. The molecule has 1 aliphatic rings. The molecular weight excluding hydrogens is 564 g/mol. The lowest BCUT2D eigenvalue weighted by Gasteiger charge is -2.12. The number of benzene rings is 6. The molecule has 1 aliphatic heterocycles. The van der Waals surface area contributed by atoms with Crippen molar-refractivity contribution < 1.29 is 4.74 Å². The molecule has 0 radical (unpaired) electrons. The standard InChI is InChI=1S/C41H26N4O/c1-3-13-28(14-4-1)39-42-40(29-15-5-2-6-16-29)44-41(43-39)30-17-11-18-31(26-30)45-34-20-9-8-19-32(34)38-33-23-22-27-12-7-10-21-36(27)46-37(33)25-24-35(38)45/h1-26H. The molecule has 8 aromatic rings. The molecule has 0 bridgehead atoms. The minimum atomic E-state index is 0.623. The van der Waals surface area contributed by atoms with Crippen LogP contribution >= 0.6 is 0 Å². The van der Waals surface area contributed by atoms with E-state index in [4.69, 9.17) is 19.7 Å². The summed E-state index contributed by atoms with van der Waals surface area (Å²) in [6, 6.07) is 49.5. The van der Waals surface area contributed by atoms with Gasteiger partial charge in [0.1, 0.15) is 11.5 Å². The van der Waals surface area contributed by atoms with Gasteiger partial charge in [-0.1, -0.05) is 115 Å². The fourth-order valence-corrected chi connectivity index (χ4v) is 6.33. The van der Waals surface area contributed by atoms with E-state index >= 15 is 0 Å². The summed E-state index contributed by atoms with van der Waals surface area (Å²) >= 11 is 0. The van der Waals surface area contributed by atoms with Crippen molar-refractivity contribution in [1.82, 2.24) is 19.5 Å². The van der Waals surface area contributed by atoms with Gasteiger partial charge in [0.25, 0.3) is 0 Å². The Bertz CT molecular complexity index is 2390. The van der Waals surface area contributed by atoms with Crippen LogP contribution in [0, 0.1) is 0 Å². The Morgan fingerprint density at radius 2 is 1.09 bits per heavy atom. The minimum Gasteiger partial charge on any atom is -0.456 e. The van der Waals surface area contributed by atoms with Gasteiger partial charge in [-0.3, -0.25) is 0 Å². The Balaban J connectivity index is 1.24. The second-order valence-corrected chi connectivity index (χ2v) is 11.3. The number of para-hydroxylation sites is 2. The first-order chi connectivity index (χ1) is 22.8. The number of ether oxygens (including phenoxy) is 1. The van der Waals surface area contributed by atoms with Crippen LogP contribution in [0.4, 0.5) is 0 Å². The van der Waals surface area contributed by atoms with Gasteiger partial charge in [0.2, 0.25) is 0 Å². The zero-order valence-corrected chi connectivity index (χ0v) is 24.7. The Labute approximate surface area is 265 Å². The highest BCUT2D eigenvalue weighted by molar-refractivity contribution is 6.14. The second kappa shape index (κ2) is 10.7. The first kappa shape index (κ1) is 26.1. The number of rotatable bonds is 4. The van der Waals surface area contributed by atoms with Crippen LogP contribution in [-0.4, -0.2) is 19.5 Å². The van der Waals surface area contributed by atoms with Gasteiger partial charge in [0.15, 0.2) is 17.5 Å². The molecule has 3 heterocycles. The number of hydrogen-bond acceptors (Lipinski definition) is 4. The lowest BCUT2D eigenvalue weighted by Crippen LogP contribution is -2.01. The predicted molar refractivity (Wildman–Crippen MR) is 186 cm³/mol. The molecule has 0 amide bonds. The van der Waals surface area contributed by atoms with Gasteiger partial charge in [0, 0.05) is 44.3 Å². The molecule has 0 saturated carbocycles. The van der Waals surface area contributed by atoms with E-state index < -0.39 is 0 Å². The summed E-state index contributed by atoms with van der Waals surface area (Å²) < 4.78 is 8.77. The van der Waals surface area contributed by atoms with Crippen LogP contribution in [0.5, 0.6) is 11.5 Å². The van der Waals surface area contributed by atoms with Gasteiger partial charge in [0.05, 0.1) is 11.0 Å². The molecule has 0 aliphatic carbocycles. The highest BCUT2D eigenvalue weighted by Gasteiger charge is 2.20. The fourth-order valence-electron chi connectivity index (χ4n) is 6.33. The third-order valence-electron chi connectivity index (χ3n) is 8.47. The van der Waals surface area contributed by atoms with Crippen molar-refractivity contribution >= 4 is 34.0 Å². The van der Waals surface area contributed by atoms with Crippen molar-refractivity contribution in [3.8, 4) is 51.3 Å². The minimum absolute atomic E-state index is 0.623. The van der Waals surface area contributed by atoms with Gasteiger partial charge >= 0.3 is 0 Å². The van der Waals surface area contributed by atoms with E-state index in [1.165, 1.54) is 0 Å². The van der Waals surface area contributed by atoms with E-state index in [1.807, 2.05) is 78.9 Å². The summed E-state index contributed by atoms with van der Waals surface area (Å²) in [6.07, 6.45) is 4.32. The number of fused-ring (bicyclic) bond motifs is 6. The van der Waals surface area contributed by atoms with Crippen molar-refractivity contribution in [2.75, 3.05) is 0 Å². The molecule has 0 saturated heterocycles. The van der Waals surface area contributed by atoms with Crippen LogP contribution < -0.4 is 4.74 Å². The topological polar surface area (TPSA) is 52.8 Å². The Morgan fingerprint density at radius 3 is 1.85 bits per heavy atom. The summed E-state index contributed by atoms with van der Waals surface area (Å²) in [7, 11) is 0. The van der Waals surface area contributed by atoms with Crippen molar-refractivity contribution in [3.05, 3.63) is 157 Å². The van der Waals surface area contributed by atoms with Crippen molar-refractivity contribution in [2.24, 2.45) is 0 Å². The Kier molecular flexibility index (Phi) is 6.06. The summed E-state index contributed by atoms with van der Waals surface area (Å²) in [5, 5.41) is 2.32. The average Bonchev–Trinajstić information content (AvgIpc) is 3.34. The van der Waals surface area contributed by atoms with Crippen molar-refractivity contribution in [1.29, 1.82) is 0 Å². The van der Waals surface area contributed by atoms with Crippen LogP contribution in [0.2, 0.25) is 0 Å². The summed E-state index contributed by atoms with van der Waals surface area (Å²) in [5.41, 5.74) is 8.16. The van der Waals surface area contributed by atoms with Crippen LogP contribution in [0.1, 0.15) is 11.1 Å². The number of nitrogens with zero attached hydrogens (tertiary/aromatic N) is 4. The largest absolute Gasteiger partial charge is 0.456 e. The Morgan fingerprint density at radius 1 is 0.457 bits per heavy atom. The van der Waals surface area contributed by atoms with Crippen molar-refractivity contribution in [2.45, 2.75) is 0 Å². The smallest absolute Gasteiger partial charge is 0.164 e. The number of hydrogen-bond donors (Lipinski definition) is 0. The molecule has 9 rings (SSSR count). The summed E-state index contributed by atoms with van der Waals surface area (Å²) in [4.78, 5) is 14.8. The monoisotopic (exact) mass is 590 g/mol. The molecule has 0 spiro atoms. The quantitative estimate of drug-likeness (QED) is 0.205. The van der Waals surface area contributed by atoms with Gasteiger partial charge in [-0.05, 0) is 42.5 Å². The maximum absolute atomic E-state index is 6.45. The zero-order valence-electron chi connectivity index (χ0n) is 24.7. The maximum Gasteiger partial charge on any atom is 0.164 e. The zero-order chi connectivity index (χ0) is 30.5. The fraction of sp³-hybridized carbons (Fsp3) is 0. The van der Waals surface area contributed by atoms with Gasteiger partial charge in [-0.2, -0.15) is 0 Å². The molecule has 0 N–H and O–H groups in total. The molecule has 216 valence electrons. The van der Waals surface area contributed by atoms with Crippen molar-refractivity contribution in [3.63, 3.8) is 0 Å². The molecule has 46 heavy (non-hydrogen) atoms. The third kappa shape index (κ3) is 4.37. The van der Waals surface area contributed by atoms with Crippen LogP contribution in [0.15, 0.2) is 146 Å². The van der Waals surface area contributed by atoms with Gasteiger partial charge < -0.3 is 9.30 Å². The van der Waals surface area contributed by atoms with Crippen LogP contribution in [0.3, 0.4) is 0 Å². The van der Waals surface area contributed by atoms with E-state index in [2.05, 4.69) is 83.4 Å². The highest BCUT2D eigenvalue weighted by Crippen LogP contribution is 2.42. The molecule has 2 aromatic heterocycles. The van der Waals surface area contributed by atoms with E-state index in [0.29, 0.717) is 17.5 Å². The lowest BCUT2D eigenvalue weighted by molar-refractivity contribution is 0.482. The maximum atomic E-state index is 6.45. The molecule has 0 fully saturated rings. The first-order valence-corrected chi connectivity index (χ1v) is 15.3. The highest BCUT2D eigenvalue weighted by atomic mass is 16.5. The van der Waals surface area contributed by atoms with Gasteiger partial charge in [-0.15, -0.1) is 0 Å². The Hall–Kier alpha value is -6.33. The summed E-state index contributed by atoms with van der Waals surface area (Å²) in [5.74, 6) is 3.61.